The first kappa shape index (κ1) is 12.0. The topological polar surface area (TPSA) is 28.2 Å². The Morgan fingerprint density at radius 1 is 1.16 bits per heavy atom. The molecule has 3 heteroatoms. The van der Waals surface area contributed by atoms with Gasteiger partial charge in [-0.1, -0.05) is 18.2 Å². The summed E-state index contributed by atoms with van der Waals surface area (Å²) in [6.45, 7) is 1.06. The number of aryl methyl sites for hydroxylation is 1. The number of rotatable bonds is 2. The van der Waals surface area contributed by atoms with E-state index in [-0.39, 0.29) is 0 Å². The summed E-state index contributed by atoms with van der Waals surface area (Å²) in [5.74, 6) is 0. The van der Waals surface area contributed by atoms with Gasteiger partial charge in [-0.05, 0) is 37.0 Å². The molecule has 3 rings (SSSR count). The van der Waals surface area contributed by atoms with Crippen LogP contribution in [0.4, 0.5) is 17.1 Å². The van der Waals surface area contributed by atoms with Crippen LogP contribution in [0.15, 0.2) is 42.7 Å². The van der Waals surface area contributed by atoms with E-state index in [2.05, 4.69) is 45.5 Å². The second kappa shape index (κ2) is 5.31. The van der Waals surface area contributed by atoms with Crippen LogP contribution in [0.2, 0.25) is 0 Å². The lowest BCUT2D eigenvalue weighted by molar-refractivity contribution is 0.760. The number of fused-ring (bicyclic) bond motifs is 1. The fourth-order valence-electron chi connectivity index (χ4n) is 2.67. The van der Waals surface area contributed by atoms with Gasteiger partial charge >= 0.3 is 0 Å². The van der Waals surface area contributed by atoms with Crippen molar-refractivity contribution >= 4 is 17.1 Å². The van der Waals surface area contributed by atoms with Crippen molar-refractivity contribution in [2.24, 2.45) is 0 Å². The normalized spacial score (nSPS) is 14.7. The molecule has 3 nitrogen and oxygen atoms in total. The van der Waals surface area contributed by atoms with Crippen LogP contribution < -0.4 is 10.2 Å². The Kier molecular flexibility index (Phi) is 3.36. The summed E-state index contributed by atoms with van der Waals surface area (Å²) in [7, 11) is 1.93. The van der Waals surface area contributed by atoms with Crippen molar-refractivity contribution < 1.29 is 0 Å². The maximum absolute atomic E-state index is 4.33. The SMILES string of the molecule is CNc1cncc(N2CCCCc3ccccc32)c1. The van der Waals surface area contributed by atoms with Crippen molar-refractivity contribution in [2.45, 2.75) is 19.3 Å². The van der Waals surface area contributed by atoms with Gasteiger partial charge in [-0.25, -0.2) is 0 Å². The van der Waals surface area contributed by atoms with Crippen molar-refractivity contribution in [2.75, 3.05) is 23.8 Å². The van der Waals surface area contributed by atoms with Gasteiger partial charge in [-0.2, -0.15) is 0 Å². The Bertz CT molecular complexity index is 565. The summed E-state index contributed by atoms with van der Waals surface area (Å²) in [6, 6.07) is 10.9. The van der Waals surface area contributed by atoms with E-state index in [0.29, 0.717) is 0 Å². The number of benzene rings is 1. The molecule has 0 bridgehead atoms. The van der Waals surface area contributed by atoms with E-state index in [4.69, 9.17) is 0 Å². The lowest BCUT2D eigenvalue weighted by Gasteiger charge is -2.25. The Hall–Kier alpha value is -2.03. The molecular weight excluding hydrogens is 234 g/mol. The van der Waals surface area contributed by atoms with E-state index in [9.17, 15) is 0 Å². The van der Waals surface area contributed by atoms with Crippen molar-refractivity contribution in [1.82, 2.24) is 4.98 Å². The zero-order chi connectivity index (χ0) is 13.1. The number of para-hydroxylation sites is 1. The molecule has 0 saturated carbocycles. The van der Waals surface area contributed by atoms with Crippen LogP contribution in [0.25, 0.3) is 0 Å². The van der Waals surface area contributed by atoms with Crippen molar-refractivity contribution in [3.63, 3.8) is 0 Å². The zero-order valence-electron chi connectivity index (χ0n) is 11.3. The molecule has 1 aliphatic rings. The van der Waals surface area contributed by atoms with E-state index >= 15 is 0 Å². The van der Waals surface area contributed by atoms with E-state index in [1.54, 1.807) is 0 Å². The van der Waals surface area contributed by atoms with Crippen LogP contribution in [-0.4, -0.2) is 18.6 Å². The third kappa shape index (κ3) is 2.41. The molecule has 2 aromatic rings. The minimum absolute atomic E-state index is 1.05. The Labute approximate surface area is 114 Å². The molecule has 19 heavy (non-hydrogen) atoms. The first-order valence-corrected chi connectivity index (χ1v) is 6.87. The summed E-state index contributed by atoms with van der Waals surface area (Å²) >= 11 is 0. The molecule has 1 aromatic heterocycles. The molecule has 0 atom stereocenters. The molecule has 0 fully saturated rings. The molecule has 0 radical (unpaired) electrons. The number of anilines is 3. The first-order valence-electron chi connectivity index (χ1n) is 6.87. The van der Waals surface area contributed by atoms with Crippen LogP contribution in [0.5, 0.6) is 0 Å². The maximum Gasteiger partial charge on any atom is 0.0618 e. The highest BCUT2D eigenvalue weighted by atomic mass is 15.1. The van der Waals surface area contributed by atoms with Gasteiger partial charge in [0.2, 0.25) is 0 Å². The van der Waals surface area contributed by atoms with Gasteiger partial charge in [0, 0.05) is 19.3 Å². The van der Waals surface area contributed by atoms with Crippen molar-refractivity contribution in [3.8, 4) is 0 Å². The van der Waals surface area contributed by atoms with Gasteiger partial charge in [-0.3, -0.25) is 4.98 Å². The molecule has 98 valence electrons. The zero-order valence-corrected chi connectivity index (χ0v) is 11.3. The van der Waals surface area contributed by atoms with Crippen LogP contribution in [0, 0.1) is 0 Å². The monoisotopic (exact) mass is 253 g/mol. The summed E-state index contributed by atoms with van der Waals surface area (Å²) in [5.41, 5.74) is 4.99. The Morgan fingerprint density at radius 2 is 2.05 bits per heavy atom. The number of aromatic nitrogens is 1. The molecule has 0 saturated heterocycles. The molecule has 1 N–H and O–H groups in total. The van der Waals surface area contributed by atoms with Gasteiger partial charge in [0.05, 0.1) is 23.8 Å². The largest absolute Gasteiger partial charge is 0.387 e. The average Bonchev–Trinajstić information content (AvgIpc) is 2.69. The molecule has 0 spiro atoms. The van der Waals surface area contributed by atoms with E-state index in [0.717, 1.165) is 12.2 Å². The average molecular weight is 253 g/mol. The fraction of sp³-hybridized carbons (Fsp3) is 0.312. The van der Waals surface area contributed by atoms with E-state index in [1.165, 1.54) is 36.2 Å². The number of pyridine rings is 1. The molecule has 0 unspecified atom stereocenters. The van der Waals surface area contributed by atoms with Gasteiger partial charge in [0.15, 0.2) is 0 Å². The van der Waals surface area contributed by atoms with Gasteiger partial charge in [0.25, 0.3) is 0 Å². The number of nitrogens with zero attached hydrogens (tertiary/aromatic N) is 2. The minimum atomic E-state index is 1.05. The molecule has 1 aromatic carbocycles. The number of hydrogen-bond acceptors (Lipinski definition) is 3. The lowest BCUT2D eigenvalue weighted by atomic mass is 10.1. The van der Waals surface area contributed by atoms with Crippen molar-refractivity contribution in [3.05, 3.63) is 48.3 Å². The van der Waals surface area contributed by atoms with Gasteiger partial charge in [0.1, 0.15) is 0 Å². The predicted octanol–water partition coefficient (Wildman–Crippen LogP) is 3.60. The summed E-state index contributed by atoms with van der Waals surface area (Å²) in [6.07, 6.45) is 7.45. The van der Waals surface area contributed by atoms with Crippen LogP contribution in [0.3, 0.4) is 0 Å². The molecule has 0 aliphatic carbocycles. The summed E-state index contributed by atoms with van der Waals surface area (Å²) < 4.78 is 0. The smallest absolute Gasteiger partial charge is 0.0618 e. The van der Waals surface area contributed by atoms with Gasteiger partial charge in [-0.15, -0.1) is 0 Å². The molecule has 2 heterocycles. The highest BCUT2D eigenvalue weighted by molar-refractivity contribution is 5.68. The third-order valence-corrected chi connectivity index (χ3v) is 3.68. The second-order valence-corrected chi connectivity index (χ2v) is 4.92. The summed E-state index contributed by atoms with van der Waals surface area (Å²) in [5, 5.41) is 3.16. The van der Waals surface area contributed by atoms with E-state index in [1.807, 2.05) is 19.4 Å². The third-order valence-electron chi connectivity index (χ3n) is 3.68. The van der Waals surface area contributed by atoms with Gasteiger partial charge < -0.3 is 10.2 Å². The van der Waals surface area contributed by atoms with Crippen LogP contribution in [0.1, 0.15) is 18.4 Å². The fourth-order valence-corrected chi connectivity index (χ4v) is 2.67. The molecule has 0 amide bonds. The Balaban J connectivity index is 2.03. The number of hydrogen-bond donors (Lipinski definition) is 1. The highest BCUT2D eigenvalue weighted by Gasteiger charge is 2.16. The molecule has 1 aliphatic heterocycles. The quantitative estimate of drug-likeness (QED) is 0.886. The molecular formula is C16H19N3. The standard InChI is InChI=1S/C16H19N3/c1-17-14-10-15(12-18-11-14)19-9-5-4-7-13-6-2-3-8-16(13)19/h2-3,6,8,10-12,17H,4-5,7,9H2,1H3. The second-order valence-electron chi connectivity index (χ2n) is 4.92. The van der Waals surface area contributed by atoms with E-state index < -0.39 is 0 Å². The first-order chi connectivity index (χ1) is 9.38. The lowest BCUT2D eigenvalue weighted by Crippen LogP contribution is -2.18. The summed E-state index contributed by atoms with van der Waals surface area (Å²) in [4.78, 5) is 6.72. The highest BCUT2D eigenvalue weighted by Crippen LogP contribution is 2.32. The minimum Gasteiger partial charge on any atom is -0.387 e. The number of nitrogens with one attached hydrogen (secondary N) is 1. The van der Waals surface area contributed by atoms with Crippen LogP contribution in [-0.2, 0) is 6.42 Å². The Morgan fingerprint density at radius 3 is 2.95 bits per heavy atom. The predicted molar refractivity (Wildman–Crippen MR) is 80.2 cm³/mol. The van der Waals surface area contributed by atoms with Crippen molar-refractivity contribution in [1.29, 1.82) is 0 Å². The maximum atomic E-state index is 4.33. The van der Waals surface area contributed by atoms with Crippen LogP contribution >= 0.6 is 0 Å².